The van der Waals surface area contributed by atoms with Gasteiger partial charge in [-0.25, -0.2) is 0 Å². The lowest BCUT2D eigenvalue weighted by molar-refractivity contribution is 0.100. The van der Waals surface area contributed by atoms with Crippen LogP contribution in [0, 0.1) is 11.8 Å². The van der Waals surface area contributed by atoms with Crippen LogP contribution in [-0.2, 0) is 0 Å². The van der Waals surface area contributed by atoms with E-state index < -0.39 is 0 Å². The van der Waals surface area contributed by atoms with E-state index in [1.165, 1.54) is 51.6 Å². The van der Waals surface area contributed by atoms with Gasteiger partial charge in [0.2, 0.25) is 0 Å². The molecule has 2 rings (SSSR count). The standard InChI is InChI=1S/C15H30N2/c1-12-5-4-6-14(9-12)11-17-8-7-15(16-3)10-13(17)2/h12-16H,4-11H2,1-3H3. The molecule has 4 atom stereocenters. The Morgan fingerprint density at radius 1 is 1.12 bits per heavy atom. The molecule has 2 aliphatic rings. The van der Waals surface area contributed by atoms with Crippen LogP contribution in [0.3, 0.4) is 0 Å². The Labute approximate surface area is 107 Å². The van der Waals surface area contributed by atoms with Gasteiger partial charge in [-0.15, -0.1) is 0 Å². The Morgan fingerprint density at radius 2 is 1.94 bits per heavy atom. The molecule has 1 heterocycles. The Kier molecular flexibility index (Phi) is 4.87. The largest absolute Gasteiger partial charge is 0.317 e. The van der Waals surface area contributed by atoms with Crippen molar-refractivity contribution in [3.8, 4) is 0 Å². The van der Waals surface area contributed by atoms with E-state index in [-0.39, 0.29) is 0 Å². The molecule has 17 heavy (non-hydrogen) atoms. The fourth-order valence-electron chi connectivity index (χ4n) is 3.81. The molecule has 0 radical (unpaired) electrons. The molecule has 100 valence electrons. The van der Waals surface area contributed by atoms with Crippen molar-refractivity contribution in [1.29, 1.82) is 0 Å². The molecule has 2 fully saturated rings. The summed E-state index contributed by atoms with van der Waals surface area (Å²) >= 11 is 0. The first-order valence-electron chi connectivity index (χ1n) is 7.60. The Hall–Kier alpha value is -0.0800. The smallest absolute Gasteiger partial charge is 0.00910 e. The van der Waals surface area contributed by atoms with Crippen molar-refractivity contribution in [2.45, 2.75) is 64.5 Å². The molecule has 0 spiro atoms. The van der Waals surface area contributed by atoms with Crippen molar-refractivity contribution in [1.82, 2.24) is 10.2 Å². The van der Waals surface area contributed by atoms with Crippen molar-refractivity contribution in [2.75, 3.05) is 20.1 Å². The maximum atomic E-state index is 3.44. The van der Waals surface area contributed by atoms with Gasteiger partial charge in [-0.2, -0.15) is 0 Å². The fourth-order valence-corrected chi connectivity index (χ4v) is 3.81. The second kappa shape index (κ2) is 6.19. The molecule has 1 N–H and O–H groups in total. The molecule has 4 unspecified atom stereocenters. The lowest BCUT2D eigenvalue weighted by Crippen LogP contribution is -2.48. The van der Waals surface area contributed by atoms with Crippen molar-refractivity contribution in [3.05, 3.63) is 0 Å². The van der Waals surface area contributed by atoms with Crippen LogP contribution >= 0.6 is 0 Å². The highest BCUT2D eigenvalue weighted by atomic mass is 15.2. The summed E-state index contributed by atoms with van der Waals surface area (Å²) in [6.45, 7) is 7.51. The van der Waals surface area contributed by atoms with E-state index in [0.717, 1.165) is 23.9 Å². The highest BCUT2D eigenvalue weighted by Crippen LogP contribution is 2.30. The number of likely N-dealkylation sites (tertiary alicyclic amines) is 1. The van der Waals surface area contributed by atoms with Crippen LogP contribution in [0.2, 0.25) is 0 Å². The summed E-state index contributed by atoms with van der Waals surface area (Å²) in [6.07, 6.45) is 8.55. The fraction of sp³-hybridized carbons (Fsp3) is 1.00. The molecule has 2 nitrogen and oxygen atoms in total. The summed E-state index contributed by atoms with van der Waals surface area (Å²) < 4.78 is 0. The lowest BCUT2D eigenvalue weighted by atomic mass is 9.81. The molecule has 0 aromatic rings. The summed E-state index contributed by atoms with van der Waals surface area (Å²) in [6, 6.07) is 1.53. The number of piperidine rings is 1. The summed E-state index contributed by atoms with van der Waals surface area (Å²) in [5.74, 6) is 1.95. The normalized spacial score (nSPS) is 40.4. The van der Waals surface area contributed by atoms with Gasteiger partial charge in [0, 0.05) is 18.6 Å². The van der Waals surface area contributed by atoms with Gasteiger partial charge in [0.1, 0.15) is 0 Å². The van der Waals surface area contributed by atoms with Crippen LogP contribution in [0.15, 0.2) is 0 Å². The second-order valence-corrected chi connectivity index (χ2v) is 6.49. The first kappa shape index (κ1) is 13.4. The number of nitrogens with one attached hydrogen (secondary N) is 1. The Morgan fingerprint density at radius 3 is 2.59 bits per heavy atom. The molecule has 0 aromatic carbocycles. The SMILES string of the molecule is CNC1CCN(CC2CCCC(C)C2)C(C)C1. The summed E-state index contributed by atoms with van der Waals surface area (Å²) in [7, 11) is 2.11. The Bertz CT molecular complexity index is 229. The number of rotatable bonds is 3. The molecular weight excluding hydrogens is 208 g/mol. The summed E-state index contributed by atoms with van der Waals surface area (Å²) in [5.41, 5.74) is 0. The molecule has 0 bridgehead atoms. The van der Waals surface area contributed by atoms with Crippen LogP contribution in [0.1, 0.15) is 52.4 Å². The minimum absolute atomic E-state index is 0.756. The molecule has 2 heteroatoms. The lowest BCUT2D eigenvalue weighted by Gasteiger charge is -2.40. The maximum absolute atomic E-state index is 3.44. The zero-order valence-electron chi connectivity index (χ0n) is 11.9. The van der Waals surface area contributed by atoms with Crippen molar-refractivity contribution in [3.63, 3.8) is 0 Å². The predicted molar refractivity (Wildman–Crippen MR) is 74.2 cm³/mol. The van der Waals surface area contributed by atoms with Crippen LogP contribution in [-0.4, -0.2) is 37.1 Å². The highest BCUT2D eigenvalue weighted by Gasteiger charge is 2.27. The molecule has 1 aliphatic heterocycles. The van der Waals surface area contributed by atoms with Gasteiger partial charge in [-0.3, -0.25) is 0 Å². The minimum atomic E-state index is 0.756. The van der Waals surface area contributed by atoms with E-state index in [1.807, 2.05) is 0 Å². The second-order valence-electron chi connectivity index (χ2n) is 6.49. The van der Waals surface area contributed by atoms with E-state index in [2.05, 4.69) is 31.1 Å². The molecule has 0 aromatic heterocycles. The van der Waals surface area contributed by atoms with Crippen LogP contribution in [0.4, 0.5) is 0 Å². The maximum Gasteiger partial charge on any atom is 0.00910 e. The predicted octanol–water partition coefficient (Wildman–Crippen LogP) is 2.89. The molecule has 1 saturated heterocycles. The van der Waals surface area contributed by atoms with Crippen molar-refractivity contribution >= 4 is 0 Å². The topological polar surface area (TPSA) is 15.3 Å². The third kappa shape index (κ3) is 3.69. The third-order valence-electron chi connectivity index (χ3n) is 4.96. The van der Waals surface area contributed by atoms with Crippen molar-refractivity contribution in [2.24, 2.45) is 11.8 Å². The van der Waals surface area contributed by atoms with Gasteiger partial charge >= 0.3 is 0 Å². The monoisotopic (exact) mass is 238 g/mol. The van der Waals surface area contributed by atoms with Crippen LogP contribution in [0.5, 0.6) is 0 Å². The van der Waals surface area contributed by atoms with Gasteiger partial charge in [0.15, 0.2) is 0 Å². The van der Waals surface area contributed by atoms with E-state index in [4.69, 9.17) is 0 Å². The molecule has 1 saturated carbocycles. The molecule has 1 aliphatic carbocycles. The average Bonchev–Trinajstić information content (AvgIpc) is 2.32. The summed E-state index contributed by atoms with van der Waals surface area (Å²) in [5, 5.41) is 3.44. The van der Waals surface area contributed by atoms with E-state index in [9.17, 15) is 0 Å². The minimum Gasteiger partial charge on any atom is -0.317 e. The molecule has 0 amide bonds. The summed E-state index contributed by atoms with van der Waals surface area (Å²) in [4.78, 5) is 2.75. The van der Waals surface area contributed by atoms with E-state index in [1.54, 1.807) is 0 Å². The van der Waals surface area contributed by atoms with Gasteiger partial charge in [-0.05, 0) is 58.0 Å². The zero-order chi connectivity index (χ0) is 12.3. The Balaban J connectivity index is 1.78. The van der Waals surface area contributed by atoms with Gasteiger partial charge in [-0.1, -0.05) is 19.8 Å². The first-order chi connectivity index (χ1) is 8.19. The zero-order valence-corrected chi connectivity index (χ0v) is 11.9. The van der Waals surface area contributed by atoms with Gasteiger partial charge in [0.25, 0.3) is 0 Å². The van der Waals surface area contributed by atoms with E-state index in [0.29, 0.717) is 0 Å². The quantitative estimate of drug-likeness (QED) is 0.813. The van der Waals surface area contributed by atoms with Gasteiger partial charge < -0.3 is 10.2 Å². The van der Waals surface area contributed by atoms with E-state index >= 15 is 0 Å². The van der Waals surface area contributed by atoms with Crippen molar-refractivity contribution < 1.29 is 0 Å². The number of hydrogen-bond donors (Lipinski definition) is 1. The molecular formula is C15H30N2. The number of hydrogen-bond acceptors (Lipinski definition) is 2. The third-order valence-corrected chi connectivity index (χ3v) is 4.96. The first-order valence-corrected chi connectivity index (χ1v) is 7.60. The van der Waals surface area contributed by atoms with Gasteiger partial charge in [0.05, 0.1) is 0 Å². The van der Waals surface area contributed by atoms with Crippen LogP contribution < -0.4 is 5.32 Å². The highest BCUT2D eigenvalue weighted by molar-refractivity contribution is 4.84. The number of nitrogens with zero attached hydrogens (tertiary/aromatic N) is 1. The van der Waals surface area contributed by atoms with Crippen LogP contribution in [0.25, 0.3) is 0 Å². The average molecular weight is 238 g/mol.